The molecule has 0 bridgehead atoms. The number of hydrogen-bond acceptors (Lipinski definition) is 5. The van der Waals surface area contributed by atoms with E-state index in [1.165, 1.54) is 18.4 Å². The van der Waals surface area contributed by atoms with Crippen molar-refractivity contribution in [1.29, 1.82) is 0 Å². The first kappa shape index (κ1) is 29.8. The second-order valence-corrected chi connectivity index (χ2v) is 8.05. The van der Waals surface area contributed by atoms with E-state index in [4.69, 9.17) is 5.73 Å². The van der Waals surface area contributed by atoms with Crippen LogP contribution in [0.1, 0.15) is 57.4 Å². The number of ether oxygens (including phenoxy) is 1. The summed E-state index contributed by atoms with van der Waals surface area (Å²) in [4.78, 5) is 8.56. The minimum atomic E-state index is -0.440. The van der Waals surface area contributed by atoms with Crippen molar-refractivity contribution in [1.82, 2.24) is 0 Å². The van der Waals surface area contributed by atoms with Gasteiger partial charge in [0.1, 0.15) is 5.83 Å². The molecule has 6 heteroatoms. The Kier molecular flexibility index (Phi) is 14.5. The number of amidine groups is 1. The minimum Gasteiger partial charge on any atom is -0.388 e. The highest BCUT2D eigenvalue weighted by Crippen LogP contribution is 2.58. The van der Waals surface area contributed by atoms with Gasteiger partial charge in [-0.2, -0.15) is 0 Å². The molecule has 178 valence electrons. The van der Waals surface area contributed by atoms with E-state index in [-0.39, 0.29) is 11.8 Å². The number of fused-ring (bicyclic) bond motifs is 1. The molecule has 1 aromatic rings. The van der Waals surface area contributed by atoms with E-state index in [1.807, 2.05) is 45.9 Å². The molecule has 4 atom stereocenters. The van der Waals surface area contributed by atoms with Crippen molar-refractivity contribution in [2.24, 2.45) is 27.6 Å². The lowest BCUT2D eigenvalue weighted by molar-refractivity contribution is 0.277. The van der Waals surface area contributed by atoms with Gasteiger partial charge in [0, 0.05) is 31.6 Å². The SMILES string of the molecule is C=CN=C(C=C)/C(F)=C/c1ccc(C)c(C2N=C(N)SC3C2[C@@H]3C)c1.CC.CC.COC. The molecule has 2 aliphatic rings. The maximum atomic E-state index is 14.4. The number of aryl methyl sites for hydroxylation is 1. The molecule has 3 rings (SSSR count). The quantitative estimate of drug-likeness (QED) is 0.475. The molecular formula is C26H40FN3OS. The van der Waals surface area contributed by atoms with Gasteiger partial charge in [-0.1, -0.05) is 71.7 Å². The molecule has 2 N–H and O–H groups in total. The Morgan fingerprint density at radius 2 is 1.81 bits per heavy atom. The summed E-state index contributed by atoms with van der Waals surface area (Å²) in [6.07, 6.45) is 4.14. The van der Waals surface area contributed by atoms with Crippen LogP contribution in [0.25, 0.3) is 6.08 Å². The van der Waals surface area contributed by atoms with Crippen LogP contribution >= 0.6 is 11.8 Å². The summed E-state index contributed by atoms with van der Waals surface area (Å²) < 4.78 is 18.6. The van der Waals surface area contributed by atoms with Crippen molar-refractivity contribution in [2.45, 2.75) is 52.8 Å². The van der Waals surface area contributed by atoms with Crippen LogP contribution < -0.4 is 5.73 Å². The summed E-state index contributed by atoms with van der Waals surface area (Å²) in [5.41, 5.74) is 9.21. The highest BCUT2D eigenvalue weighted by molar-refractivity contribution is 8.14. The van der Waals surface area contributed by atoms with Gasteiger partial charge < -0.3 is 10.5 Å². The predicted molar refractivity (Wildman–Crippen MR) is 142 cm³/mol. The first-order valence-electron chi connectivity index (χ1n) is 11.1. The summed E-state index contributed by atoms with van der Waals surface area (Å²) >= 11 is 1.67. The predicted octanol–water partition coefficient (Wildman–Crippen LogP) is 7.13. The number of nitrogens with zero attached hydrogens (tertiary/aromatic N) is 2. The molecule has 0 saturated heterocycles. The third kappa shape index (κ3) is 8.06. The van der Waals surface area contributed by atoms with Gasteiger partial charge in [0.15, 0.2) is 5.17 Å². The molecule has 1 fully saturated rings. The molecule has 0 amide bonds. The highest BCUT2D eigenvalue weighted by atomic mass is 32.2. The fraction of sp³-hybridized carbons (Fsp3) is 0.462. The molecule has 1 saturated carbocycles. The largest absolute Gasteiger partial charge is 0.388 e. The molecule has 4 nitrogen and oxygen atoms in total. The zero-order valence-corrected chi connectivity index (χ0v) is 21.7. The molecule has 32 heavy (non-hydrogen) atoms. The third-order valence-electron chi connectivity index (χ3n) is 4.84. The smallest absolute Gasteiger partial charge is 0.154 e. The van der Waals surface area contributed by atoms with Crippen LogP contribution in [0.15, 0.2) is 59.4 Å². The molecule has 1 aliphatic heterocycles. The van der Waals surface area contributed by atoms with Gasteiger partial charge in [0.2, 0.25) is 0 Å². The second-order valence-electron chi connectivity index (χ2n) is 6.85. The van der Waals surface area contributed by atoms with Crippen molar-refractivity contribution in [3.8, 4) is 0 Å². The number of rotatable bonds is 5. The Morgan fingerprint density at radius 3 is 2.34 bits per heavy atom. The monoisotopic (exact) mass is 461 g/mol. The first-order valence-corrected chi connectivity index (χ1v) is 11.9. The van der Waals surface area contributed by atoms with Gasteiger partial charge in [-0.25, -0.2) is 4.39 Å². The van der Waals surface area contributed by atoms with Gasteiger partial charge in [-0.05, 0) is 47.8 Å². The Hall–Kier alpha value is -2.18. The number of allylic oxidation sites excluding steroid dienone is 2. The zero-order chi connectivity index (χ0) is 24.8. The lowest BCUT2D eigenvalue weighted by Crippen LogP contribution is -2.17. The summed E-state index contributed by atoms with van der Waals surface area (Å²) in [5.74, 6) is 0.665. The van der Waals surface area contributed by atoms with E-state index >= 15 is 0 Å². The molecule has 0 spiro atoms. The van der Waals surface area contributed by atoms with Gasteiger partial charge in [-0.3, -0.25) is 9.98 Å². The van der Waals surface area contributed by atoms with E-state index in [1.54, 1.807) is 26.0 Å². The average molecular weight is 462 g/mol. The Labute approximate surface area is 198 Å². The molecule has 1 aliphatic carbocycles. The van der Waals surface area contributed by atoms with Crippen LogP contribution in [0.2, 0.25) is 0 Å². The van der Waals surface area contributed by atoms with Crippen LogP contribution in [0, 0.1) is 18.8 Å². The summed E-state index contributed by atoms with van der Waals surface area (Å²) in [6.45, 7) is 19.4. The molecule has 1 heterocycles. The lowest BCUT2D eigenvalue weighted by Gasteiger charge is -2.20. The van der Waals surface area contributed by atoms with Crippen molar-refractivity contribution < 1.29 is 9.13 Å². The molecular weight excluding hydrogens is 421 g/mol. The van der Waals surface area contributed by atoms with Crippen molar-refractivity contribution in [3.63, 3.8) is 0 Å². The van der Waals surface area contributed by atoms with E-state index in [0.29, 0.717) is 22.3 Å². The zero-order valence-electron chi connectivity index (χ0n) is 20.9. The third-order valence-corrected chi connectivity index (χ3v) is 6.20. The normalized spacial score (nSPS) is 23.5. The van der Waals surface area contributed by atoms with E-state index < -0.39 is 5.83 Å². The van der Waals surface area contributed by atoms with E-state index in [2.05, 4.69) is 41.7 Å². The van der Waals surface area contributed by atoms with Crippen LogP contribution in [-0.4, -0.2) is 30.3 Å². The summed E-state index contributed by atoms with van der Waals surface area (Å²) in [5, 5.41) is 1.19. The molecule has 0 radical (unpaired) electrons. The van der Waals surface area contributed by atoms with Gasteiger partial charge in [-0.15, -0.1) is 0 Å². The number of methoxy groups -OCH3 is 1. The van der Waals surface area contributed by atoms with Crippen molar-refractivity contribution in [3.05, 3.63) is 66.2 Å². The number of thioether (sulfide) groups is 1. The van der Waals surface area contributed by atoms with Gasteiger partial charge in [0.05, 0.1) is 11.8 Å². The number of hydrogen-bond donors (Lipinski definition) is 1. The Bertz CT molecular complexity index is 832. The fourth-order valence-electron chi connectivity index (χ4n) is 3.38. The Balaban J connectivity index is 0.00000124. The molecule has 1 aromatic carbocycles. The number of aliphatic imine (C=N–C) groups is 2. The molecule has 3 unspecified atom stereocenters. The van der Waals surface area contributed by atoms with Gasteiger partial charge >= 0.3 is 0 Å². The highest BCUT2D eigenvalue weighted by Gasteiger charge is 2.55. The van der Waals surface area contributed by atoms with Crippen LogP contribution in [0.3, 0.4) is 0 Å². The minimum absolute atomic E-state index is 0.0541. The standard InChI is InChI=1S/C20H22FN3S.C2H6O.2C2H6/c1-5-16(23-6-2)15(21)10-13-8-7-11(3)14(9-13)18-17-12(4)19(17)25-20(22)24-18;1-3-2;2*1-2/h5-10,12,17-19H,1-2H2,3-4H3,(H2,22,24);1-2H3;2*1-2H3/b15-10-,23-16?;;;/t12-,17?,18?,19?;;;/m0.../s1. The van der Waals surface area contributed by atoms with Crippen molar-refractivity contribution >= 4 is 28.7 Å². The van der Waals surface area contributed by atoms with E-state index in [9.17, 15) is 4.39 Å². The maximum absolute atomic E-state index is 14.4. The average Bonchev–Trinajstić information content (AvgIpc) is 3.45. The Morgan fingerprint density at radius 1 is 1.22 bits per heavy atom. The maximum Gasteiger partial charge on any atom is 0.154 e. The summed E-state index contributed by atoms with van der Waals surface area (Å²) in [7, 11) is 3.25. The number of benzene rings is 1. The van der Waals surface area contributed by atoms with Gasteiger partial charge in [0.25, 0.3) is 0 Å². The fourth-order valence-corrected chi connectivity index (χ4v) is 4.69. The topological polar surface area (TPSA) is 60.0 Å². The number of halogens is 1. The van der Waals surface area contributed by atoms with Crippen LogP contribution in [-0.2, 0) is 4.74 Å². The van der Waals surface area contributed by atoms with Crippen LogP contribution in [0.4, 0.5) is 4.39 Å². The van der Waals surface area contributed by atoms with Crippen LogP contribution in [0.5, 0.6) is 0 Å². The first-order chi connectivity index (χ1) is 15.4. The number of nitrogens with two attached hydrogens (primary N) is 1. The molecule has 0 aromatic heterocycles. The van der Waals surface area contributed by atoms with E-state index in [0.717, 1.165) is 16.7 Å². The lowest BCUT2D eigenvalue weighted by atomic mass is 9.94. The second kappa shape index (κ2) is 15.6. The summed E-state index contributed by atoms with van der Waals surface area (Å²) in [6, 6.07) is 5.95. The van der Waals surface area contributed by atoms with Crippen molar-refractivity contribution in [2.75, 3.05) is 14.2 Å².